The molecule has 0 unspecified atom stereocenters. The SMILES string of the molecule is O=C(Nc1ccc2c(c1)OCCCO2)c1ccc(N2CCCC2=O)cc1. The van der Waals surface area contributed by atoms with Crippen LogP contribution in [0.4, 0.5) is 11.4 Å². The summed E-state index contributed by atoms with van der Waals surface area (Å²) in [6, 6.07) is 12.5. The van der Waals surface area contributed by atoms with Gasteiger partial charge in [0.1, 0.15) is 0 Å². The first-order valence-electron chi connectivity index (χ1n) is 8.82. The summed E-state index contributed by atoms with van der Waals surface area (Å²) in [5.41, 5.74) is 2.02. The van der Waals surface area contributed by atoms with Crippen molar-refractivity contribution in [1.29, 1.82) is 0 Å². The van der Waals surface area contributed by atoms with E-state index in [2.05, 4.69) is 5.32 Å². The maximum Gasteiger partial charge on any atom is 0.255 e. The Labute approximate surface area is 151 Å². The van der Waals surface area contributed by atoms with Gasteiger partial charge in [0.05, 0.1) is 13.2 Å². The lowest BCUT2D eigenvalue weighted by atomic mass is 10.1. The first-order chi connectivity index (χ1) is 12.7. The van der Waals surface area contributed by atoms with Crippen molar-refractivity contribution in [3.63, 3.8) is 0 Å². The zero-order chi connectivity index (χ0) is 17.9. The fourth-order valence-electron chi connectivity index (χ4n) is 3.16. The Morgan fingerprint density at radius 2 is 1.73 bits per heavy atom. The fraction of sp³-hybridized carbons (Fsp3) is 0.300. The molecule has 2 heterocycles. The van der Waals surface area contributed by atoms with Crippen molar-refractivity contribution < 1.29 is 19.1 Å². The molecule has 0 atom stereocenters. The van der Waals surface area contributed by atoms with E-state index in [0.717, 1.165) is 25.1 Å². The van der Waals surface area contributed by atoms with Crippen LogP contribution in [0.15, 0.2) is 42.5 Å². The Kier molecular flexibility index (Phi) is 4.48. The number of hydrogen-bond donors (Lipinski definition) is 1. The second-order valence-electron chi connectivity index (χ2n) is 6.36. The number of anilines is 2. The molecule has 0 bridgehead atoms. The third kappa shape index (κ3) is 3.35. The van der Waals surface area contributed by atoms with Crippen molar-refractivity contribution in [2.24, 2.45) is 0 Å². The average Bonchev–Trinajstić information content (AvgIpc) is 2.95. The second-order valence-corrected chi connectivity index (χ2v) is 6.36. The Morgan fingerprint density at radius 3 is 2.46 bits per heavy atom. The monoisotopic (exact) mass is 352 g/mol. The molecule has 2 amide bonds. The topological polar surface area (TPSA) is 67.9 Å². The summed E-state index contributed by atoms with van der Waals surface area (Å²) >= 11 is 0. The second kappa shape index (κ2) is 7.07. The van der Waals surface area contributed by atoms with Gasteiger partial charge in [0.25, 0.3) is 5.91 Å². The maximum absolute atomic E-state index is 12.5. The molecule has 0 radical (unpaired) electrons. The van der Waals surface area contributed by atoms with Gasteiger partial charge in [-0.1, -0.05) is 0 Å². The highest BCUT2D eigenvalue weighted by Gasteiger charge is 2.21. The van der Waals surface area contributed by atoms with Crippen LogP contribution in [0.25, 0.3) is 0 Å². The van der Waals surface area contributed by atoms with Crippen molar-refractivity contribution in [2.45, 2.75) is 19.3 Å². The van der Waals surface area contributed by atoms with Gasteiger partial charge in [-0.3, -0.25) is 9.59 Å². The van der Waals surface area contributed by atoms with Crippen LogP contribution in [0, 0.1) is 0 Å². The van der Waals surface area contributed by atoms with E-state index in [4.69, 9.17) is 9.47 Å². The highest BCUT2D eigenvalue weighted by Crippen LogP contribution is 2.32. The van der Waals surface area contributed by atoms with E-state index in [9.17, 15) is 9.59 Å². The number of fused-ring (bicyclic) bond motifs is 1. The molecule has 2 aliphatic heterocycles. The van der Waals surface area contributed by atoms with Gasteiger partial charge in [-0.15, -0.1) is 0 Å². The Balaban J connectivity index is 1.46. The van der Waals surface area contributed by atoms with Gasteiger partial charge in [-0.25, -0.2) is 0 Å². The van der Waals surface area contributed by atoms with E-state index in [-0.39, 0.29) is 11.8 Å². The van der Waals surface area contributed by atoms with Crippen molar-refractivity contribution in [3.05, 3.63) is 48.0 Å². The highest BCUT2D eigenvalue weighted by atomic mass is 16.5. The molecule has 4 rings (SSSR count). The summed E-state index contributed by atoms with van der Waals surface area (Å²) in [4.78, 5) is 26.0. The number of rotatable bonds is 3. The molecule has 2 aromatic carbocycles. The molecule has 0 aliphatic carbocycles. The molecule has 6 heteroatoms. The van der Waals surface area contributed by atoms with Crippen molar-refractivity contribution >= 4 is 23.2 Å². The standard InChI is InChI=1S/C20H20N2O4/c23-19-3-1-10-22(19)16-7-4-14(5-8-16)20(24)21-15-6-9-17-18(13-15)26-12-2-11-25-17/h4-9,13H,1-3,10-12H2,(H,21,24). The van der Waals surface area contributed by atoms with Crippen molar-refractivity contribution in [1.82, 2.24) is 0 Å². The Bertz CT molecular complexity index is 832. The molecular weight excluding hydrogens is 332 g/mol. The van der Waals surface area contributed by atoms with Crippen LogP contribution in [0.5, 0.6) is 11.5 Å². The minimum atomic E-state index is -0.209. The molecule has 134 valence electrons. The largest absolute Gasteiger partial charge is 0.490 e. The number of ether oxygens (including phenoxy) is 2. The predicted octanol–water partition coefficient (Wildman–Crippen LogP) is 3.23. The van der Waals surface area contributed by atoms with Crippen molar-refractivity contribution in [2.75, 3.05) is 30.0 Å². The Hall–Kier alpha value is -3.02. The van der Waals surface area contributed by atoms with Gasteiger partial charge < -0.3 is 19.7 Å². The third-order valence-electron chi connectivity index (χ3n) is 4.52. The van der Waals surface area contributed by atoms with Crippen LogP contribution < -0.4 is 19.7 Å². The summed E-state index contributed by atoms with van der Waals surface area (Å²) in [6.45, 7) is 1.97. The molecule has 2 aromatic rings. The normalized spacial score (nSPS) is 16.3. The van der Waals surface area contributed by atoms with Gasteiger partial charge in [-0.05, 0) is 42.8 Å². The van der Waals surface area contributed by atoms with Crippen LogP contribution in [0.1, 0.15) is 29.6 Å². The van der Waals surface area contributed by atoms with Crippen LogP contribution in [0.3, 0.4) is 0 Å². The number of benzene rings is 2. The minimum absolute atomic E-state index is 0.134. The summed E-state index contributed by atoms with van der Waals surface area (Å²) in [5.74, 6) is 1.26. The number of hydrogen-bond acceptors (Lipinski definition) is 4. The van der Waals surface area contributed by atoms with Crippen molar-refractivity contribution in [3.8, 4) is 11.5 Å². The maximum atomic E-state index is 12.5. The van der Waals surface area contributed by atoms with E-state index >= 15 is 0 Å². The van der Waals surface area contributed by atoms with E-state index in [1.165, 1.54) is 0 Å². The lowest BCUT2D eigenvalue weighted by molar-refractivity contribution is -0.117. The average molecular weight is 352 g/mol. The summed E-state index contributed by atoms with van der Waals surface area (Å²) in [7, 11) is 0. The quantitative estimate of drug-likeness (QED) is 0.921. The molecule has 2 aliphatic rings. The van der Waals surface area contributed by atoms with Gasteiger partial charge in [0.2, 0.25) is 5.91 Å². The lowest BCUT2D eigenvalue weighted by Crippen LogP contribution is -2.23. The van der Waals surface area contributed by atoms with E-state index in [1.54, 1.807) is 35.2 Å². The molecule has 0 saturated carbocycles. The zero-order valence-electron chi connectivity index (χ0n) is 14.4. The molecular formula is C20H20N2O4. The fourth-order valence-corrected chi connectivity index (χ4v) is 3.16. The third-order valence-corrected chi connectivity index (χ3v) is 4.52. The van der Waals surface area contributed by atoms with Crippen LogP contribution >= 0.6 is 0 Å². The van der Waals surface area contributed by atoms with Gasteiger partial charge in [0.15, 0.2) is 11.5 Å². The Morgan fingerprint density at radius 1 is 0.962 bits per heavy atom. The molecule has 1 fully saturated rings. The zero-order valence-corrected chi connectivity index (χ0v) is 14.4. The summed E-state index contributed by atoms with van der Waals surface area (Å²) in [6.07, 6.45) is 2.31. The smallest absolute Gasteiger partial charge is 0.255 e. The van der Waals surface area contributed by atoms with Gasteiger partial charge >= 0.3 is 0 Å². The molecule has 6 nitrogen and oxygen atoms in total. The number of amides is 2. The van der Waals surface area contributed by atoms with E-state index in [1.807, 2.05) is 12.1 Å². The van der Waals surface area contributed by atoms with Crippen LogP contribution in [-0.4, -0.2) is 31.6 Å². The van der Waals surface area contributed by atoms with Gasteiger partial charge in [-0.2, -0.15) is 0 Å². The number of nitrogens with one attached hydrogen (secondary N) is 1. The first-order valence-corrected chi connectivity index (χ1v) is 8.82. The molecule has 1 N–H and O–H groups in total. The van der Waals surface area contributed by atoms with E-state index < -0.39 is 0 Å². The lowest BCUT2D eigenvalue weighted by Gasteiger charge is -2.16. The van der Waals surface area contributed by atoms with Crippen LogP contribution in [-0.2, 0) is 4.79 Å². The first kappa shape index (κ1) is 16.4. The summed E-state index contributed by atoms with van der Waals surface area (Å²) < 4.78 is 11.2. The highest BCUT2D eigenvalue weighted by molar-refractivity contribution is 6.05. The predicted molar refractivity (Wildman–Crippen MR) is 98.0 cm³/mol. The number of nitrogens with zero attached hydrogens (tertiary/aromatic N) is 1. The number of carbonyl (C=O) groups excluding carboxylic acids is 2. The number of carbonyl (C=O) groups is 2. The molecule has 1 saturated heterocycles. The minimum Gasteiger partial charge on any atom is -0.490 e. The molecule has 0 spiro atoms. The summed E-state index contributed by atoms with van der Waals surface area (Å²) in [5, 5.41) is 2.87. The molecule has 26 heavy (non-hydrogen) atoms. The van der Waals surface area contributed by atoms with E-state index in [0.29, 0.717) is 42.4 Å². The van der Waals surface area contributed by atoms with Crippen LogP contribution in [0.2, 0.25) is 0 Å². The van der Waals surface area contributed by atoms with Gasteiger partial charge in [0, 0.05) is 42.4 Å². The molecule has 0 aromatic heterocycles.